The van der Waals surface area contributed by atoms with Crippen molar-refractivity contribution in [2.75, 3.05) is 18.1 Å². The normalized spacial score (nSPS) is 20.6. The quantitative estimate of drug-likeness (QED) is 0.903. The highest BCUT2D eigenvalue weighted by molar-refractivity contribution is 9.10. The highest BCUT2D eigenvalue weighted by Crippen LogP contribution is 2.29. The van der Waals surface area contributed by atoms with Crippen LogP contribution in [-0.4, -0.2) is 24.2 Å². The zero-order chi connectivity index (χ0) is 11.7. The molecule has 1 aliphatic heterocycles. The van der Waals surface area contributed by atoms with E-state index >= 15 is 0 Å². The summed E-state index contributed by atoms with van der Waals surface area (Å²) in [5.41, 5.74) is 0.273. The molecule has 0 saturated carbocycles. The van der Waals surface area contributed by atoms with Crippen molar-refractivity contribution in [3.63, 3.8) is 0 Å². The van der Waals surface area contributed by atoms with Crippen molar-refractivity contribution in [1.82, 2.24) is 0 Å². The van der Waals surface area contributed by atoms with Crippen LogP contribution in [0.1, 0.15) is 6.42 Å². The number of halogens is 2. The van der Waals surface area contributed by atoms with Gasteiger partial charge in [0.2, 0.25) is 5.91 Å². The Balaban J connectivity index is 2.30. The Morgan fingerprint density at radius 2 is 2.31 bits per heavy atom. The first kappa shape index (κ1) is 11.5. The van der Waals surface area contributed by atoms with Crippen LogP contribution in [0.15, 0.2) is 22.7 Å². The zero-order valence-corrected chi connectivity index (χ0v) is 10.1. The van der Waals surface area contributed by atoms with Gasteiger partial charge in [-0.1, -0.05) is 15.9 Å². The molecule has 1 aromatic rings. The fraction of sp³-hybridized carbons (Fsp3) is 0.364. The Hall–Kier alpha value is -0.940. The van der Waals surface area contributed by atoms with Crippen molar-refractivity contribution >= 4 is 27.5 Å². The van der Waals surface area contributed by atoms with Gasteiger partial charge < -0.3 is 10.0 Å². The van der Waals surface area contributed by atoms with Crippen molar-refractivity contribution in [2.24, 2.45) is 5.92 Å². The number of amides is 1. The molecular formula is C11H11BrFNO2. The largest absolute Gasteiger partial charge is 0.396 e. The first-order chi connectivity index (χ1) is 7.61. The summed E-state index contributed by atoms with van der Waals surface area (Å²) in [6.45, 7) is 0.334. The van der Waals surface area contributed by atoms with Crippen LogP contribution in [0, 0.1) is 11.7 Å². The number of aliphatic hydroxyl groups excluding tert-OH is 1. The van der Waals surface area contributed by atoms with Crippen molar-refractivity contribution in [3.05, 3.63) is 28.5 Å². The van der Waals surface area contributed by atoms with Gasteiger partial charge in [0.05, 0.1) is 5.69 Å². The molecule has 2 rings (SSSR count). The molecule has 0 radical (unpaired) electrons. The maximum absolute atomic E-state index is 13.5. The lowest BCUT2D eigenvalue weighted by Gasteiger charge is -2.17. The average molecular weight is 288 g/mol. The molecule has 1 amide bonds. The van der Waals surface area contributed by atoms with Gasteiger partial charge in [-0.2, -0.15) is 0 Å². The second kappa shape index (κ2) is 4.51. The topological polar surface area (TPSA) is 40.5 Å². The van der Waals surface area contributed by atoms with Gasteiger partial charge in [0.1, 0.15) is 5.82 Å². The number of hydrogen-bond acceptors (Lipinski definition) is 2. The van der Waals surface area contributed by atoms with Gasteiger partial charge in [-0.3, -0.25) is 4.79 Å². The van der Waals surface area contributed by atoms with Crippen LogP contribution in [0.4, 0.5) is 10.1 Å². The second-order valence-corrected chi connectivity index (χ2v) is 4.77. The van der Waals surface area contributed by atoms with Crippen molar-refractivity contribution in [1.29, 1.82) is 0 Å². The third-order valence-electron chi connectivity index (χ3n) is 2.66. The number of nitrogens with zero attached hydrogens (tertiary/aromatic N) is 1. The molecular weight excluding hydrogens is 277 g/mol. The molecule has 3 nitrogen and oxygen atoms in total. The summed E-state index contributed by atoms with van der Waals surface area (Å²) in [6.07, 6.45) is 0.280. The van der Waals surface area contributed by atoms with Crippen molar-refractivity contribution in [2.45, 2.75) is 6.42 Å². The molecule has 5 heteroatoms. The maximum atomic E-state index is 13.5. The van der Waals surface area contributed by atoms with Crippen LogP contribution in [0.3, 0.4) is 0 Å². The average Bonchev–Trinajstić information content (AvgIpc) is 2.63. The number of rotatable bonds is 2. The minimum absolute atomic E-state index is 0.0438. The SMILES string of the molecule is O=C1CC(CO)CN1c1cc(Br)ccc1F. The predicted octanol–water partition coefficient (Wildman–Crippen LogP) is 1.93. The number of anilines is 1. The highest BCUT2D eigenvalue weighted by Gasteiger charge is 2.31. The minimum atomic E-state index is -0.421. The molecule has 16 heavy (non-hydrogen) atoms. The number of carbonyl (C=O) groups excluding carboxylic acids is 1. The van der Waals surface area contributed by atoms with Gasteiger partial charge in [0.25, 0.3) is 0 Å². The fourth-order valence-electron chi connectivity index (χ4n) is 1.83. The number of carbonyl (C=O) groups is 1. The standard InChI is InChI=1S/C11H11BrFNO2/c12-8-1-2-9(13)10(4-8)14-5-7(6-15)3-11(14)16/h1-2,4,7,15H,3,5-6H2. The van der Waals surface area contributed by atoms with E-state index in [0.717, 1.165) is 4.47 Å². The molecule has 0 spiro atoms. The van der Waals surface area contributed by atoms with E-state index in [0.29, 0.717) is 6.54 Å². The van der Waals surface area contributed by atoms with Gasteiger partial charge in [-0.15, -0.1) is 0 Å². The summed E-state index contributed by atoms with van der Waals surface area (Å²) in [7, 11) is 0. The van der Waals surface area contributed by atoms with Gasteiger partial charge in [0.15, 0.2) is 0 Å². The lowest BCUT2D eigenvalue weighted by Crippen LogP contribution is -2.25. The number of benzene rings is 1. The summed E-state index contributed by atoms with van der Waals surface area (Å²) >= 11 is 3.24. The Labute approximate surface area is 101 Å². The second-order valence-electron chi connectivity index (χ2n) is 3.85. The van der Waals surface area contributed by atoms with Crippen molar-refractivity contribution < 1.29 is 14.3 Å². The Bertz CT molecular complexity index is 424. The first-order valence-corrected chi connectivity index (χ1v) is 5.77. The van der Waals surface area contributed by atoms with Crippen LogP contribution in [0.25, 0.3) is 0 Å². The highest BCUT2D eigenvalue weighted by atomic mass is 79.9. The summed E-state index contributed by atoms with van der Waals surface area (Å²) in [4.78, 5) is 13.0. The van der Waals surface area contributed by atoms with E-state index in [-0.39, 0.29) is 30.5 Å². The van der Waals surface area contributed by atoms with Crippen LogP contribution in [-0.2, 0) is 4.79 Å². The molecule has 0 aromatic heterocycles. The van der Waals surface area contributed by atoms with E-state index in [9.17, 15) is 9.18 Å². The lowest BCUT2D eigenvalue weighted by molar-refractivity contribution is -0.117. The molecule has 0 aliphatic carbocycles. The van der Waals surface area contributed by atoms with E-state index in [4.69, 9.17) is 5.11 Å². The van der Waals surface area contributed by atoms with E-state index in [2.05, 4.69) is 15.9 Å². The fourth-order valence-corrected chi connectivity index (χ4v) is 2.18. The van der Waals surface area contributed by atoms with Crippen LogP contribution < -0.4 is 4.90 Å². The van der Waals surface area contributed by atoms with Crippen LogP contribution in [0.5, 0.6) is 0 Å². The third-order valence-corrected chi connectivity index (χ3v) is 3.16. The Morgan fingerprint density at radius 1 is 1.56 bits per heavy atom. The van der Waals surface area contributed by atoms with Gasteiger partial charge >= 0.3 is 0 Å². The summed E-state index contributed by atoms with van der Waals surface area (Å²) in [6, 6.07) is 4.48. The molecule has 1 aliphatic rings. The van der Waals surface area contributed by atoms with Crippen LogP contribution in [0.2, 0.25) is 0 Å². The van der Waals surface area contributed by atoms with E-state index in [1.807, 2.05) is 0 Å². The van der Waals surface area contributed by atoms with E-state index < -0.39 is 5.82 Å². The smallest absolute Gasteiger partial charge is 0.227 e. The van der Waals surface area contributed by atoms with Crippen LogP contribution >= 0.6 is 15.9 Å². The van der Waals surface area contributed by atoms with Gasteiger partial charge in [-0.05, 0) is 18.2 Å². The zero-order valence-electron chi connectivity index (χ0n) is 8.49. The molecule has 1 saturated heterocycles. The molecule has 1 atom stereocenters. The molecule has 86 valence electrons. The number of aliphatic hydroxyl groups is 1. The Morgan fingerprint density at radius 3 is 2.94 bits per heavy atom. The van der Waals surface area contributed by atoms with E-state index in [1.54, 1.807) is 12.1 Å². The molecule has 1 fully saturated rings. The summed E-state index contributed by atoms with van der Waals surface area (Å²) in [5.74, 6) is -0.655. The predicted molar refractivity (Wildman–Crippen MR) is 61.6 cm³/mol. The van der Waals surface area contributed by atoms with Gasteiger partial charge in [-0.25, -0.2) is 4.39 Å². The number of hydrogen-bond donors (Lipinski definition) is 1. The monoisotopic (exact) mass is 287 g/mol. The first-order valence-electron chi connectivity index (χ1n) is 4.98. The molecule has 1 N–H and O–H groups in total. The summed E-state index contributed by atoms with van der Waals surface area (Å²) < 4.78 is 14.3. The Kier molecular flexibility index (Phi) is 3.25. The molecule has 0 bridgehead atoms. The lowest BCUT2D eigenvalue weighted by atomic mass is 10.1. The molecule has 1 heterocycles. The third kappa shape index (κ3) is 2.10. The molecule has 1 unspecified atom stereocenters. The molecule has 1 aromatic carbocycles. The summed E-state index contributed by atoms with van der Waals surface area (Å²) in [5, 5.41) is 8.99. The maximum Gasteiger partial charge on any atom is 0.227 e. The van der Waals surface area contributed by atoms with E-state index in [1.165, 1.54) is 11.0 Å². The minimum Gasteiger partial charge on any atom is -0.396 e. The van der Waals surface area contributed by atoms with Crippen molar-refractivity contribution in [3.8, 4) is 0 Å². The van der Waals surface area contributed by atoms with Gasteiger partial charge in [0, 0.05) is 30.0 Å².